The number of nitrogens with zero attached hydrogens (tertiary/aromatic N) is 2. The van der Waals surface area contributed by atoms with Crippen molar-refractivity contribution in [3.8, 4) is 0 Å². The van der Waals surface area contributed by atoms with Gasteiger partial charge < -0.3 is 19.4 Å². The van der Waals surface area contributed by atoms with Crippen molar-refractivity contribution in [3.63, 3.8) is 0 Å². The Bertz CT molecular complexity index is 784. The lowest BCUT2D eigenvalue weighted by Gasteiger charge is -2.36. The summed E-state index contributed by atoms with van der Waals surface area (Å²) in [5.41, 5.74) is 2.99. The molecule has 1 fully saturated rings. The Morgan fingerprint density at radius 3 is 2.52 bits per heavy atom. The summed E-state index contributed by atoms with van der Waals surface area (Å²) < 4.78 is 11.0. The quantitative estimate of drug-likeness (QED) is 0.877. The molecule has 6 nitrogen and oxygen atoms in total. The minimum Gasteiger partial charge on any atom is -0.448 e. The van der Waals surface area contributed by atoms with Crippen LogP contribution in [0.1, 0.15) is 46.3 Å². The van der Waals surface area contributed by atoms with Crippen molar-refractivity contribution in [3.05, 3.63) is 53.2 Å². The minimum absolute atomic E-state index is 0.105. The van der Waals surface area contributed by atoms with E-state index in [0.29, 0.717) is 18.1 Å². The van der Waals surface area contributed by atoms with E-state index < -0.39 is 0 Å². The number of nitrogens with one attached hydrogen (secondary N) is 1. The number of likely N-dealkylation sites (N-methyl/N-ethyl adjacent to an activating group) is 1. The van der Waals surface area contributed by atoms with Gasteiger partial charge in [-0.2, -0.15) is 0 Å². The van der Waals surface area contributed by atoms with Gasteiger partial charge in [0.1, 0.15) is 6.26 Å². The zero-order valence-corrected chi connectivity index (χ0v) is 16.0. The molecule has 1 aromatic carbocycles. The predicted octanol–water partition coefficient (Wildman–Crippen LogP) is 2.40. The van der Waals surface area contributed by atoms with Crippen molar-refractivity contribution in [2.45, 2.75) is 37.1 Å². The lowest BCUT2D eigenvalue weighted by molar-refractivity contribution is 0.0794. The van der Waals surface area contributed by atoms with Crippen LogP contribution in [0, 0.1) is 0 Å². The highest BCUT2D eigenvalue weighted by Crippen LogP contribution is 2.33. The Balaban J connectivity index is 1.42. The number of ether oxygens (including phenoxy) is 1. The third kappa shape index (κ3) is 3.64. The second-order valence-corrected chi connectivity index (χ2v) is 7.88. The van der Waals surface area contributed by atoms with E-state index in [1.165, 1.54) is 17.4 Å². The van der Waals surface area contributed by atoms with E-state index >= 15 is 0 Å². The van der Waals surface area contributed by atoms with Crippen LogP contribution in [-0.4, -0.2) is 55.2 Å². The van der Waals surface area contributed by atoms with E-state index in [9.17, 15) is 4.79 Å². The summed E-state index contributed by atoms with van der Waals surface area (Å²) >= 11 is 0. The first-order valence-electron chi connectivity index (χ1n) is 9.63. The van der Waals surface area contributed by atoms with Gasteiger partial charge in [0, 0.05) is 31.2 Å². The maximum Gasteiger partial charge on any atom is 0.273 e. The Hall–Kier alpha value is -2.18. The van der Waals surface area contributed by atoms with Crippen LogP contribution in [0.15, 0.2) is 34.9 Å². The SMILES string of the molecule is CN(C)C1(CNC(=O)c2coc(C3CCOCC3)n2)Cc2ccccc2C1. The Kier molecular flexibility index (Phi) is 5.02. The van der Waals surface area contributed by atoms with E-state index in [4.69, 9.17) is 9.15 Å². The van der Waals surface area contributed by atoms with Gasteiger partial charge in [0.05, 0.1) is 0 Å². The molecule has 0 radical (unpaired) electrons. The van der Waals surface area contributed by atoms with Crippen LogP contribution in [-0.2, 0) is 17.6 Å². The third-order valence-corrected chi connectivity index (χ3v) is 6.01. The summed E-state index contributed by atoms with van der Waals surface area (Å²) in [6, 6.07) is 8.52. The molecule has 0 spiro atoms. The van der Waals surface area contributed by atoms with Crippen LogP contribution in [0.4, 0.5) is 0 Å². The molecule has 1 N–H and O–H groups in total. The highest BCUT2D eigenvalue weighted by Gasteiger charge is 2.39. The summed E-state index contributed by atoms with van der Waals surface area (Å²) in [5.74, 6) is 0.728. The number of oxazole rings is 1. The highest BCUT2D eigenvalue weighted by molar-refractivity contribution is 5.92. The molecule has 2 heterocycles. The predicted molar refractivity (Wildman–Crippen MR) is 102 cm³/mol. The van der Waals surface area contributed by atoms with Crippen molar-refractivity contribution < 1.29 is 13.9 Å². The molecule has 1 aliphatic heterocycles. The van der Waals surface area contributed by atoms with Crippen LogP contribution < -0.4 is 5.32 Å². The Morgan fingerprint density at radius 1 is 1.22 bits per heavy atom. The number of benzene rings is 1. The van der Waals surface area contributed by atoms with Gasteiger partial charge in [-0.05, 0) is 50.9 Å². The molecule has 2 aromatic rings. The lowest BCUT2D eigenvalue weighted by atomic mass is 9.94. The Labute approximate surface area is 159 Å². The number of fused-ring (bicyclic) bond motifs is 1. The maximum absolute atomic E-state index is 12.7. The van der Waals surface area contributed by atoms with Crippen LogP contribution in [0.25, 0.3) is 0 Å². The largest absolute Gasteiger partial charge is 0.448 e. The Morgan fingerprint density at radius 2 is 1.89 bits per heavy atom. The molecule has 0 saturated carbocycles. The number of carbonyl (C=O) groups is 1. The molecule has 1 aliphatic carbocycles. The van der Waals surface area contributed by atoms with E-state index in [2.05, 4.69) is 53.6 Å². The van der Waals surface area contributed by atoms with Gasteiger partial charge >= 0.3 is 0 Å². The summed E-state index contributed by atoms with van der Waals surface area (Å²) in [7, 11) is 4.16. The first kappa shape index (κ1) is 18.2. The number of amides is 1. The van der Waals surface area contributed by atoms with Crippen LogP contribution >= 0.6 is 0 Å². The molecule has 1 saturated heterocycles. The summed E-state index contributed by atoms with van der Waals surface area (Å²) in [6.07, 6.45) is 5.13. The number of hydrogen-bond donors (Lipinski definition) is 1. The molecular formula is C21H27N3O3. The van der Waals surface area contributed by atoms with E-state index in [-0.39, 0.29) is 17.4 Å². The van der Waals surface area contributed by atoms with Gasteiger partial charge in [0.15, 0.2) is 11.6 Å². The van der Waals surface area contributed by atoms with Crippen molar-refractivity contribution in [2.24, 2.45) is 0 Å². The van der Waals surface area contributed by atoms with Gasteiger partial charge in [-0.25, -0.2) is 4.98 Å². The second-order valence-electron chi connectivity index (χ2n) is 7.88. The van der Waals surface area contributed by atoms with Crippen LogP contribution in [0.3, 0.4) is 0 Å². The molecule has 6 heteroatoms. The molecule has 27 heavy (non-hydrogen) atoms. The summed E-state index contributed by atoms with van der Waals surface area (Å²) in [6.45, 7) is 2.02. The van der Waals surface area contributed by atoms with E-state index in [1.807, 2.05) is 0 Å². The first-order valence-corrected chi connectivity index (χ1v) is 9.63. The number of aromatic nitrogens is 1. The van der Waals surface area contributed by atoms with Gasteiger partial charge in [-0.15, -0.1) is 0 Å². The lowest BCUT2D eigenvalue weighted by Crippen LogP contribution is -2.53. The van der Waals surface area contributed by atoms with Crippen molar-refractivity contribution >= 4 is 5.91 Å². The molecular weight excluding hydrogens is 342 g/mol. The number of rotatable bonds is 5. The molecule has 4 rings (SSSR count). The molecule has 0 unspecified atom stereocenters. The second kappa shape index (κ2) is 7.44. The molecule has 1 amide bonds. The number of carbonyl (C=O) groups excluding carboxylic acids is 1. The van der Waals surface area contributed by atoms with Crippen molar-refractivity contribution in [1.82, 2.24) is 15.2 Å². The van der Waals surface area contributed by atoms with Gasteiger partial charge in [0.2, 0.25) is 0 Å². The smallest absolute Gasteiger partial charge is 0.273 e. The molecule has 0 atom stereocenters. The number of hydrogen-bond acceptors (Lipinski definition) is 5. The van der Waals surface area contributed by atoms with Crippen LogP contribution in [0.2, 0.25) is 0 Å². The van der Waals surface area contributed by atoms with Gasteiger partial charge in [-0.1, -0.05) is 24.3 Å². The molecule has 2 aliphatic rings. The van der Waals surface area contributed by atoms with Crippen molar-refractivity contribution in [1.29, 1.82) is 0 Å². The molecule has 0 bridgehead atoms. The maximum atomic E-state index is 12.7. The molecule has 1 aromatic heterocycles. The van der Waals surface area contributed by atoms with Crippen LogP contribution in [0.5, 0.6) is 0 Å². The zero-order chi connectivity index (χ0) is 18.9. The monoisotopic (exact) mass is 369 g/mol. The minimum atomic E-state index is -0.172. The normalized spacial score (nSPS) is 19.2. The summed E-state index contributed by atoms with van der Waals surface area (Å²) in [5, 5.41) is 3.09. The topological polar surface area (TPSA) is 67.6 Å². The average molecular weight is 369 g/mol. The fourth-order valence-electron chi connectivity index (χ4n) is 4.13. The average Bonchev–Trinajstić information content (AvgIpc) is 3.32. The third-order valence-electron chi connectivity index (χ3n) is 6.01. The standard InChI is InChI=1S/C21H27N3O3/c1-24(2)21(11-16-5-3-4-6-17(16)12-21)14-22-19(25)18-13-27-20(23-18)15-7-9-26-10-8-15/h3-6,13,15H,7-12,14H2,1-2H3,(H,22,25). The van der Waals surface area contributed by atoms with Gasteiger partial charge in [-0.3, -0.25) is 4.79 Å². The summed E-state index contributed by atoms with van der Waals surface area (Å²) in [4.78, 5) is 19.3. The van der Waals surface area contributed by atoms with E-state index in [0.717, 1.165) is 38.9 Å². The fraction of sp³-hybridized carbons (Fsp3) is 0.524. The van der Waals surface area contributed by atoms with Gasteiger partial charge in [0.25, 0.3) is 5.91 Å². The zero-order valence-electron chi connectivity index (χ0n) is 16.0. The fourth-order valence-corrected chi connectivity index (χ4v) is 4.13. The highest BCUT2D eigenvalue weighted by atomic mass is 16.5. The first-order chi connectivity index (χ1) is 13.1. The van der Waals surface area contributed by atoms with E-state index in [1.54, 1.807) is 0 Å². The molecule has 144 valence electrons. The van der Waals surface area contributed by atoms with Crippen molar-refractivity contribution in [2.75, 3.05) is 33.9 Å².